The average molecular weight is 454 g/mol. The van der Waals surface area contributed by atoms with Crippen LogP contribution in [0.5, 0.6) is 0 Å². The van der Waals surface area contributed by atoms with Crippen LogP contribution in [0, 0.1) is 11.3 Å². The predicted molar refractivity (Wildman–Crippen MR) is 124 cm³/mol. The second-order valence-corrected chi connectivity index (χ2v) is 10.7. The van der Waals surface area contributed by atoms with Crippen molar-refractivity contribution in [3.05, 3.63) is 62.6 Å². The van der Waals surface area contributed by atoms with Gasteiger partial charge >= 0.3 is 5.97 Å². The van der Waals surface area contributed by atoms with Crippen LogP contribution in [0.4, 0.5) is 5.82 Å². The summed E-state index contributed by atoms with van der Waals surface area (Å²) in [5.41, 5.74) is 2.14. The second kappa shape index (κ2) is 8.24. The summed E-state index contributed by atoms with van der Waals surface area (Å²) in [4.78, 5) is 45.3. The van der Waals surface area contributed by atoms with Gasteiger partial charge in [0, 0.05) is 29.4 Å². The van der Waals surface area contributed by atoms with Gasteiger partial charge < -0.3 is 15.4 Å². The molecule has 3 N–H and O–H groups in total. The van der Waals surface area contributed by atoms with Crippen LogP contribution in [0.25, 0.3) is 0 Å². The molecule has 0 bridgehead atoms. The third-order valence-electron chi connectivity index (χ3n) is 5.74. The van der Waals surface area contributed by atoms with Crippen molar-refractivity contribution in [3.8, 4) is 0 Å². The maximum atomic E-state index is 13.2. The number of aromatic amines is 1. The normalized spacial score (nSPS) is 19.4. The number of Topliss-reactive ketones (excluding diaryl/α,β-unsaturated/α-hetero) is 1. The minimum atomic E-state index is -1.02. The van der Waals surface area contributed by atoms with Gasteiger partial charge in [0.2, 0.25) is 0 Å². The number of hydrogen-bond donors (Lipinski definition) is 3. The number of rotatable bonds is 5. The fraction of sp³-hybridized carbons (Fsp3) is 0.417. The van der Waals surface area contributed by atoms with Gasteiger partial charge in [-0.05, 0) is 35.4 Å². The van der Waals surface area contributed by atoms with Crippen molar-refractivity contribution in [1.82, 2.24) is 9.97 Å². The van der Waals surface area contributed by atoms with E-state index in [-0.39, 0.29) is 22.3 Å². The third kappa shape index (κ3) is 4.24. The van der Waals surface area contributed by atoms with E-state index in [0.29, 0.717) is 46.4 Å². The van der Waals surface area contributed by atoms with E-state index in [0.717, 1.165) is 11.4 Å². The van der Waals surface area contributed by atoms with Gasteiger partial charge in [-0.3, -0.25) is 9.59 Å². The largest absolute Gasteiger partial charge is 0.478 e. The molecule has 0 amide bonds. The maximum Gasteiger partial charge on any atom is 0.335 e. The molecule has 168 valence electrons. The number of H-pyrrole nitrogens is 1. The predicted octanol–water partition coefficient (Wildman–Crippen LogP) is 4.42. The Morgan fingerprint density at radius 1 is 1.22 bits per heavy atom. The van der Waals surface area contributed by atoms with Crippen molar-refractivity contribution in [2.45, 2.75) is 51.6 Å². The van der Waals surface area contributed by atoms with Gasteiger partial charge in [0.05, 0.1) is 11.1 Å². The van der Waals surface area contributed by atoms with Gasteiger partial charge in [-0.25, -0.2) is 9.78 Å². The number of nitrogens with zero attached hydrogens (tertiary/aromatic N) is 1. The molecule has 2 aromatic rings. The highest BCUT2D eigenvalue weighted by Crippen LogP contribution is 2.47. The molecule has 0 saturated carbocycles. The second-order valence-electron chi connectivity index (χ2n) is 9.66. The van der Waals surface area contributed by atoms with Crippen LogP contribution in [0.3, 0.4) is 0 Å². The number of fused-ring (bicyclic) bond motifs is 1. The van der Waals surface area contributed by atoms with Crippen LogP contribution in [-0.2, 0) is 4.79 Å². The average Bonchev–Trinajstić information content (AvgIpc) is 2.69. The molecule has 1 aliphatic carbocycles. The van der Waals surface area contributed by atoms with Crippen LogP contribution in [0.1, 0.15) is 67.9 Å². The number of aromatic nitrogens is 2. The molecule has 1 aromatic heterocycles. The van der Waals surface area contributed by atoms with Crippen LogP contribution >= 0.6 is 11.8 Å². The minimum Gasteiger partial charge on any atom is -0.478 e. The van der Waals surface area contributed by atoms with Gasteiger partial charge in [0.15, 0.2) is 10.9 Å². The van der Waals surface area contributed by atoms with E-state index in [9.17, 15) is 19.5 Å². The summed E-state index contributed by atoms with van der Waals surface area (Å²) in [6.45, 7) is 8.31. The lowest BCUT2D eigenvalue weighted by Crippen LogP contribution is -2.37. The van der Waals surface area contributed by atoms with Crippen LogP contribution in [0.2, 0.25) is 0 Å². The minimum absolute atomic E-state index is 0.000583. The lowest BCUT2D eigenvalue weighted by Gasteiger charge is -2.38. The zero-order chi connectivity index (χ0) is 23.2. The number of carbonyl (C=O) groups is 2. The number of benzene rings is 1. The summed E-state index contributed by atoms with van der Waals surface area (Å²) in [7, 11) is 0. The number of carbonyl (C=O) groups excluding carboxylic acids is 1. The molecule has 1 aromatic carbocycles. The molecule has 2 heterocycles. The van der Waals surface area contributed by atoms with Crippen molar-refractivity contribution >= 4 is 29.3 Å². The summed E-state index contributed by atoms with van der Waals surface area (Å²) in [6.07, 6.45) is 1.06. The van der Waals surface area contributed by atoms with Crippen LogP contribution in [-0.4, -0.2) is 32.6 Å². The number of nitrogens with one attached hydrogen (secondary N) is 2. The monoisotopic (exact) mass is 453 g/mol. The van der Waals surface area contributed by atoms with Gasteiger partial charge in [0.1, 0.15) is 5.82 Å². The summed E-state index contributed by atoms with van der Waals surface area (Å²) in [5, 5.41) is 13.1. The van der Waals surface area contributed by atoms with Crippen molar-refractivity contribution in [3.63, 3.8) is 0 Å². The first-order valence-corrected chi connectivity index (χ1v) is 11.7. The molecule has 0 radical (unpaired) electrons. The van der Waals surface area contributed by atoms with E-state index < -0.39 is 11.9 Å². The number of thioether (sulfide) groups is 1. The lowest BCUT2D eigenvalue weighted by atomic mass is 9.69. The quantitative estimate of drug-likeness (QED) is 0.454. The van der Waals surface area contributed by atoms with Gasteiger partial charge in [-0.1, -0.05) is 51.6 Å². The summed E-state index contributed by atoms with van der Waals surface area (Å²) in [6, 6.07) is 6.38. The first kappa shape index (κ1) is 22.3. The number of carboxylic acids is 1. The third-order valence-corrected chi connectivity index (χ3v) is 7.04. The first-order chi connectivity index (χ1) is 15.1. The van der Waals surface area contributed by atoms with Crippen LogP contribution in [0.15, 0.2) is 45.5 Å². The number of anilines is 1. The molecule has 0 saturated heterocycles. The van der Waals surface area contributed by atoms with E-state index in [1.807, 2.05) is 0 Å². The Bertz CT molecular complexity index is 1180. The first-order valence-electron chi connectivity index (χ1n) is 10.7. The summed E-state index contributed by atoms with van der Waals surface area (Å²) < 4.78 is 0. The van der Waals surface area contributed by atoms with Crippen molar-refractivity contribution in [1.29, 1.82) is 0 Å². The summed E-state index contributed by atoms with van der Waals surface area (Å²) in [5.74, 6) is 0.121. The topological polar surface area (TPSA) is 112 Å². The highest BCUT2D eigenvalue weighted by atomic mass is 32.2. The molecule has 0 spiro atoms. The molecule has 7 nitrogen and oxygen atoms in total. The molecule has 1 atom stereocenters. The summed E-state index contributed by atoms with van der Waals surface area (Å²) >= 11 is 1.49. The Labute approximate surface area is 190 Å². The Hall–Kier alpha value is -2.87. The smallest absolute Gasteiger partial charge is 0.335 e. The molecule has 1 aliphatic heterocycles. The SMILES string of the molecule is CC(C)CSc1nc2c(c(=O)[nH]1)C(c1ccc(C(=O)O)cc1)C1=C(CC(C)(C)CC1=O)N2. The standard InChI is InChI=1S/C24H27N3O4S/c1-12(2)11-32-23-26-20-19(21(29)27-23)17(13-5-7-14(8-6-13)22(30)31)18-15(25-20)9-24(3,4)10-16(18)28/h5-8,12,17H,9-11H2,1-4H3,(H,30,31)(H2,25,26,27,29). The number of aromatic carboxylic acids is 1. The molecular formula is C24H27N3O4S. The number of ketones is 1. The number of carboxylic acid groups (broad SMARTS) is 1. The number of hydrogen-bond acceptors (Lipinski definition) is 6. The molecular weight excluding hydrogens is 426 g/mol. The van der Waals surface area contributed by atoms with Gasteiger partial charge in [-0.15, -0.1) is 0 Å². The molecule has 8 heteroatoms. The molecule has 32 heavy (non-hydrogen) atoms. The molecule has 1 unspecified atom stereocenters. The maximum absolute atomic E-state index is 13.2. The van der Waals surface area contributed by atoms with Crippen molar-refractivity contribution in [2.24, 2.45) is 11.3 Å². The Morgan fingerprint density at radius 3 is 2.53 bits per heavy atom. The van der Waals surface area contributed by atoms with E-state index >= 15 is 0 Å². The molecule has 2 aliphatic rings. The van der Waals surface area contributed by atoms with Crippen molar-refractivity contribution in [2.75, 3.05) is 11.1 Å². The molecule has 4 rings (SSSR count). The fourth-order valence-electron chi connectivity index (χ4n) is 4.36. The van der Waals surface area contributed by atoms with Gasteiger partial charge in [-0.2, -0.15) is 0 Å². The van der Waals surface area contributed by atoms with E-state index in [1.54, 1.807) is 12.1 Å². The van der Waals surface area contributed by atoms with E-state index in [1.165, 1.54) is 23.9 Å². The van der Waals surface area contributed by atoms with E-state index in [4.69, 9.17) is 0 Å². The van der Waals surface area contributed by atoms with Crippen molar-refractivity contribution < 1.29 is 14.7 Å². The van der Waals surface area contributed by atoms with Gasteiger partial charge in [0.25, 0.3) is 5.56 Å². The Morgan fingerprint density at radius 2 is 1.91 bits per heavy atom. The van der Waals surface area contributed by atoms with Crippen LogP contribution < -0.4 is 10.9 Å². The fourth-order valence-corrected chi connectivity index (χ4v) is 5.17. The Balaban J connectivity index is 1.87. The Kier molecular flexibility index (Phi) is 5.75. The van der Waals surface area contributed by atoms with E-state index in [2.05, 4.69) is 43.0 Å². The highest BCUT2D eigenvalue weighted by Gasteiger charge is 2.42. The highest BCUT2D eigenvalue weighted by molar-refractivity contribution is 7.99. The zero-order valence-corrected chi connectivity index (χ0v) is 19.4. The number of allylic oxidation sites excluding steroid dienone is 2. The molecule has 0 fully saturated rings. The zero-order valence-electron chi connectivity index (χ0n) is 18.6. The lowest BCUT2D eigenvalue weighted by molar-refractivity contribution is -0.118.